The summed E-state index contributed by atoms with van der Waals surface area (Å²) in [4.78, 5) is 11.6. The highest BCUT2D eigenvalue weighted by molar-refractivity contribution is 5.77. The Morgan fingerprint density at radius 3 is 2.95 bits per heavy atom. The Bertz CT molecular complexity index is 417. The molecule has 1 aromatic carbocycles. The Labute approximate surface area is 113 Å². The van der Waals surface area contributed by atoms with Gasteiger partial charge in [0.05, 0.1) is 0 Å². The Hall–Kier alpha value is -1.75. The summed E-state index contributed by atoms with van der Waals surface area (Å²) in [5.41, 5.74) is 6.25. The van der Waals surface area contributed by atoms with Gasteiger partial charge in [-0.1, -0.05) is 6.07 Å². The van der Waals surface area contributed by atoms with Crippen molar-refractivity contribution in [2.45, 2.75) is 12.8 Å². The third-order valence-electron chi connectivity index (χ3n) is 3.16. The van der Waals surface area contributed by atoms with Crippen LogP contribution in [-0.4, -0.2) is 32.3 Å². The molecule has 0 unspecified atom stereocenters. The van der Waals surface area contributed by atoms with Crippen LogP contribution in [-0.2, 0) is 9.53 Å². The van der Waals surface area contributed by atoms with Crippen LogP contribution in [0.1, 0.15) is 12.8 Å². The standard InChI is InChI=1S/C14H20N2O3/c15-12-2-1-3-13(8-12)19-10-14(17)16-9-11-4-6-18-7-5-11/h1-3,8,11H,4-7,9-10,15H2,(H,16,17). The Morgan fingerprint density at radius 2 is 2.21 bits per heavy atom. The number of nitrogens with two attached hydrogens (primary N) is 1. The van der Waals surface area contributed by atoms with Crippen molar-refractivity contribution in [1.29, 1.82) is 0 Å². The normalized spacial score (nSPS) is 16.0. The van der Waals surface area contributed by atoms with E-state index in [2.05, 4.69) is 5.32 Å². The first-order valence-electron chi connectivity index (χ1n) is 6.57. The minimum atomic E-state index is -0.103. The molecule has 1 amide bonds. The second-order valence-corrected chi connectivity index (χ2v) is 4.72. The van der Waals surface area contributed by atoms with Gasteiger partial charge in [-0.05, 0) is 30.9 Å². The fraction of sp³-hybridized carbons (Fsp3) is 0.500. The number of rotatable bonds is 5. The molecule has 0 radical (unpaired) electrons. The Balaban J connectivity index is 1.66. The molecule has 0 saturated carbocycles. The van der Waals surface area contributed by atoms with E-state index in [0.29, 0.717) is 23.9 Å². The number of nitrogen functional groups attached to an aromatic ring is 1. The number of carbonyl (C=O) groups is 1. The lowest BCUT2D eigenvalue weighted by Gasteiger charge is -2.22. The molecule has 1 aliphatic heterocycles. The third-order valence-corrected chi connectivity index (χ3v) is 3.16. The summed E-state index contributed by atoms with van der Waals surface area (Å²) in [6.07, 6.45) is 2.02. The highest BCUT2D eigenvalue weighted by Gasteiger charge is 2.14. The van der Waals surface area contributed by atoms with Gasteiger partial charge in [-0.3, -0.25) is 4.79 Å². The molecule has 0 aromatic heterocycles. The molecular formula is C14H20N2O3. The molecule has 104 valence electrons. The first-order valence-corrected chi connectivity index (χ1v) is 6.57. The minimum absolute atomic E-state index is 0.0205. The van der Waals surface area contributed by atoms with Gasteiger partial charge >= 0.3 is 0 Å². The molecule has 2 rings (SSSR count). The summed E-state index contributed by atoms with van der Waals surface area (Å²) in [6.45, 7) is 2.30. The van der Waals surface area contributed by atoms with Crippen LogP contribution in [0.5, 0.6) is 5.75 Å². The zero-order chi connectivity index (χ0) is 13.5. The maximum atomic E-state index is 11.6. The van der Waals surface area contributed by atoms with Gasteiger partial charge < -0.3 is 20.5 Å². The summed E-state index contributed by atoms with van der Waals surface area (Å²) < 4.78 is 10.6. The van der Waals surface area contributed by atoms with E-state index < -0.39 is 0 Å². The maximum absolute atomic E-state index is 11.6. The van der Waals surface area contributed by atoms with Crippen molar-refractivity contribution in [1.82, 2.24) is 5.32 Å². The zero-order valence-corrected chi connectivity index (χ0v) is 10.9. The molecule has 0 aliphatic carbocycles. The maximum Gasteiger partial charge on any atom is 0.257 e. The summed E-state index contributed by atoms with van der Waals surface area (Å²) in [7, 11) is 0. The van der Waals surface area contributed by atoms with Gasteiger partial charge in [-0.15, -0.1) is 0 Å². The molecule has 3 N–H and O–H groups in total. The van der Waals surface area contributed by atoms with E-state index >= 15 is 0 Å². The summed E-state index contributed by atoms with van der Waals surface area (Å²) in [5.74, 6) is 1.03. The predicted molar refractivity (Wildman–Crippen MR) is 72.9 cm³/mol. The number of anilines is 1. The molecule has 1 saturated heterocycles. The van der Waals surface area contributed by atoms with Crippen LogP contribution in [0.25, 0.3) is 0 Å². The Kier molecular flexibility index (Phi) is 5.03. The second kappa shape index (κ2) is 6.99. The third kappa shape index (κ3) is 4.79. The molecule has 0 bridgehead atoms. The van der Waals surface area contributed by atoms with E-state index in [1.165, 1.54) is 0 Å². The van der Waals surface area contributed by atoms with Crippen LogP contribution in [0.2, 0.25) is 0 Å². The first-order chi connectivity index (χ1) is 9.24. The van der Waals surface area contributed by atoms with E-state index in [4.69, 9.17) is 15.2 Å². The number of carbonyl (C=O) groups excluding carboxylic acids is 1. The molecule has 1 aromatic rings. The fourth-order valence-electron chi connectivity index (χ4n) is 2.01. The van der Waals surface area contributed by atoms with Crippen LogP contribution in [0.4, 0.5) is 5.69 Å². The quantitative estimate of drug-likeness (QED) is 0.783. The van der Waals surface area contributed by atoms with Gasteiger partial charge in [0.15, 0.2) is 6.61 Å². The molecule has 1 fully saturated rings. The monoisotopic (exact) mass is 264 g/mol. The summed E-state index contributed by atoms with van der Waals surface area (Å²) in [5, 5.41) is 2.89. The molecule has 0 spiro atoms. The highest BCUT2D eigenvalue weighted by Crippen LogP contribution is 2.14. The average Bonchev–Trinajstić information content (AvgIpc) is 2.44. The van der Waals surface area contributed by atoms with Gasteiger partial charge in [0.1, 0.15) is 5.75 Å². The second-order valence-electron chi connectivity index (χ2n) is 4.72. The van der Waals surface area contributed by atoms with Gasteiger partial charge in [-0.2, -0.15) is 0 Å². The number of ether oxygens (including phenoxy) is 2. The number of benzene rings is 1. The van der Waals surface area contributed by atoms with Crippen molar-refractivity contribution >= 4 is 11.6 Å². The number of hydrogen-bond acceptors (Lipinski definition) is 4. The van der Waals surface area contributed by atoms with Gasteiger partial charge in [0.25, 0.3) is 5.91 Å². The van der Waals surface area contributed by atoms with E-state index in [-0.39, 0.29) is 12.5 Å². The van der Waals surface area contributed by atoms with Gasteiger partial charge in [0.2, 0.25) is 0 Å². The number of hydrogen-bond donors (Lipinski definition) is 2. The van der Waals surface area contributed by atoms with Crippen molar-refractivity contribution in [3.8, 4) is 5.75 Å². The molecule has 1 heterocycles. The van der Waals surface area contributed by atoms with E-state index in [0.717, 1.165) is 26.1 Å². The smallest absolute Gasteiger partial charge is 0.257 e. The minimum Gasteiger partial charge on any atom is -0.484 e. The van der Waals surface area contributed by atoms with Crippen LogP contribution < -0.4 is 15.8 Å². The molecule has 5 nitrogen and oxygen atoms in total. The molecule has 1 aliphatic rings. The van der Waals surface area contributed by atoms with Crippen LogP contribution in [0, 0.1) is 5.92 Å². The van der Waals surface area contributed by atoms with Crippen LogP contribution >= 0.6 is 0 Å². The van der Waals surface area contributed by atoms with E-state index in [1.807, 2.05) is 0 Å². The highest BCUT2D eigenvalue weighted by atomic mass is 16.5. The van der Waals surface area contributed by atoms with E-state index in [1.54, 1.807) is 24.3 Å². The SMILES string of the molecule is Nc1cccc(OCC(=O)NCC2CCOCC2)c1. The van der Waals surface area contributed by atoms with Crippen molar-refractivity contribution in [3.63, 3.8) is 0 Å². The average molecular weight is 264 g/mol. The summed E-state index contributed by atoms with van der Waals surface area (Å²) in [6, 6.07) is 7.05. The first kappa shape index (κ1) is 13.7. The predicted octanol–water partition coefficient (Wildman–Crippen LogP) is 1.19. The molecule has 19 heavy (non-hydrogen) atoms. The van der Waals surface area contributed by atoms with Gasteiger partial charge in [-0.25, -0.2) is 0 Å². The molecular weight excluding hydrogens is 244 g/mol. The van der Waals surface area contributed by atoms with Crippen molar-refractivity contribution in [3.05, 3.63) is 24.3 Å². The lowest BCUT2D eigenvalue weighted by molar-refractivity contribution is -0.123. The lowest BCUT2D eigenvalue weighted by atomic mass is 10.0. The van der Waals surface area contributed by atoms with Gasteiger partial charge in [0, 0.05) is 31.5 Å². The van der Waals surface area contributed by atoms with Crippen molar-refractivity contribution < 1.29 is 14.3 Å². The zero-order valence-electron chi connectivity index (χ0n) is 10.9. The largest absolute Gasteiger partial charge is 0.484 e. The lowest BCUT2D eigenvalue weighted by Crippen LogP contribution is -2.35. The fourth-order valence-corrected chi connectivity index (χ4v) is 2.01. The summed E-state index contributed by atoms with van der Waals surface area (Å²) >= 11 is 0. The number of nitrogens with one attached hydrogen (secondary N) is 1. The van der Waals surface area contributed by atoms with Crippen LogP contribution in [0.3, 0.4) is 0 Å². The molecule has 5 heteroatoms. The van der Waals surface area contributed by atoms with Crippen molar-refractivity contribution in [2.24, 2.45) is 5.92 Å². The Morgan fingerprint density at radius 1 is 1.42 bits per heavy atom. The topological polar surface area (TPSA) is 73.6 Å². The van der Waals surface area contributed by atoms with E-state index in [9.17, 15) is 4.79 Å². The van der Waals surface area contributed by atoms with Crippen LogP contribution in [0.15, 0.2) is 24.3 Å². The number of amides is 1. The molecule has 0 atom stereocenters. The van der Waals surface area contributed by atoms with Crippen molar-refractivity contribution in [2.75, 3.05) is 32.1 Å².